The first-order valence-corrected chi connectivity index (χ1v) is 8.59. The van der Waals surface area contributed by atoms with Crippen LogP contribution in [0.15, 0.2) is 30.3 Å². The van der Waals surface area contributed by atoms with Crippen LogP contribution in [-0.4, -0.2) is 54.9 Å². The van der Waals surface area contributed by atoms with Gasteiger partial charge in [-0.15, -0.1) is 0 Å². The molecule has 1 aromatic carbocycles. The molecule has 26 heavy (non-hydrogen) atoms. The average Bonchev–Trinajstić information content (AvgIpc) is 3.08. The number of ether oxygens (including phenoxy) is 5. The number of aldehydes is 1. The summed E-state index contributed by atoms with van der Waals surface area (Å²) in [6.45, 7) is 6.96. The molecule has 0 amide bonds. The second-order valence-corrected chi connectivity index (χ2v) is 7.30. The highest BCUT2D eigenvalue weighted by Crippen LogP contribution is 2.38. The predicted molar refractivity (Wildman–Crippen MR) is 90.4 cm³/mol. The summed E-state index contributed by atoms with van der Waals surface area (Å²) in [5, 5.41) is 0. The van der Waals surface area contributed by atoms with E-state index in [0.717, 1.165) is 0 Å². The van der Waals surface area contributed by atoms with Gasteiger partial charge in [-0.3, -0.25) is 0 Å². The van der Waals surface area contributed by atoms with Crippen LogP contribution in [0.5, 0.6) is 0 Å². The summed E-state index contributed by atoms with van der Waals surface area (Å²) in [5.41, 5.74) is 0.453. The lowest BCUT2D eigenvalue weighted by Crippen LogP contribution is -2.44. The molecular weight excluding hydrogens is 340 g/mol. The Bertz CT molecular complexity index is 655. The molecule has 0 N–H and O–H groups in total. The highest BCUT2D eigenvalue weighted by Gasteiger charge is 2.54. The number of hydrogen-bond acceptors (Lipinski definition) is 7. The molecule has 7 nitrogen and oxygen atoms in total. The molecule has 0 aromatic heterocycles. The number of hydrogen-bond donors (Lipinski definition) is 0. The topological polar surface area (TPSA) is 80.3 Å². The zero-order valence-corrected chi connectivity index (χ0v) is 15.3. The van der Waals surface area contributed by atoms with E-state index in [1.54, 1.807) is 52.0 Å². The molecule has 2 aliphatic heterocycles. The van der Waals surface area contributed by atoms with E-state index in [4.69, 9.17) is 23.7 Å². The number of benzene rings is 1. The molecule has 0 unspecified atom stereocenters. The van der Waals surface area contributed by atoms with Gasteiger partial charge in [-0.1, -0.05) is 18.2 Å². The average molecular weight is 364 g/mol. The van der Waals surface area contributed by atoms with E-state index in [0.29, 0.717) is 11.8 Å². The molecule has 0 radical (unpaired) electrons. The molecule has 142 valence electrons. The van der Waals surface area contributed by atoms with Gasteiger partial charge in [0, 0.05) is 0 Å². The molecule has 0 spiro atoms. The van der Waals surface area contributed by atoms with E-state index in [1.807, 2.05) is 6.07 Å². The first-order chi connectivity index (χ1) is 12.2. The third-order valence-electron chi connectivity index (χ3n) is 4.23. The van der Waals surface area contributed by atoms with Gasteiger partial charge in [0.25, 0.3) is 0 Å². The Morgan fingerprint density at radius 1 is 1.00 bits per heavy atom. The zero-order chi connectivity index (χ0) is 18.9. The SMILES string of the molecule is CC1(C)O[C@@H]([C@@H]2OC(C)(C)O[C@@H]2COC(=O)c2ccccc2)[C@H](C=O)O1. The fourth-order valence-electron chi connectivity index (χ4n) is 3.26. The fraction of sp³-hybridized carbons (Fsp3) is 0.579. The highest BCUT2D eigenvalue weighted by molar-refractivity contribution is 5.89. The van der Waals surface area contributed by atoms with Crippen molar-refractivity contribution in [2.75, 3.05) is 6.61 Å². The van der Waals surface area contributed by atoms with E-state index >= 15 is 0 Å². The zero-order valence-electron chi connectivity index (χ0n) is 15.3. The summed E-state index contributed by atoms with van der Waals surface area (Å²) < 4.78 is 28.6. The van der Waals surface area contributed by atoms with Crippen molar-refractivity contribution in [3.05, 3.63) is 35.9 Å². The molecule has 0 saturated carbocycles. The van der Waals surface area contributed by atoms with Crippen LogP contribution in [0.25, 0.3) is 0 Å². The van der Waals surface area contributed by atoms with E-state index in [9.17, 15) is 9.59 Å². The number of carbonyl (C=O) groups is 2. The number of carbonyl (C=O) groups excluding carboxylic acids is 2. The Balaban J connectivity index is 1.70. The van der Waals surface area contributed by atoms with Gasteiger partial charge in [0.1, 0.15) is 31.0 Å². The molecule has 3 rings (SSSR count). The van der Waals surface area contributed by atoms with Gasteiger partial charge in [-0.2, -0.15) is 0 Å². The molecule has 2 heterocycles. The van der Waals surface area contributed by atoms with Crippen molar-refractivity contribution in [3.63, 3.8) is 0 Å². The van der Waals surface area contributed by atoms with Crippen molar-refractivity contribution >= 4 is 12.3 Å². The Kier molecular flexibility index (Phi) is 5.16. The van der Waals surface area contributed by atoms with E-state index < -0.39 is 42.0 Å². The lowest BCUT2D eigenvalue weighted by molar-refractivity contribution is -0.175. The van der Waals surface area contributed by atoms with Crippen LogP contribution < -0.4 is 0 Å². The van der Waals surface area contributed by atoms with Gasteiger partial charge in [0.15, 0.2) is 17.9 Å². The van der Waals surface area contributed by atoms with Crippen LogP contribution >= 0.6 is 0 Å². The van der Waals surface area contributed by atoms with Crippen LogP contribution in [0.4, 0.5) is 0 Å². The number of rotatable bonds is 5. The largest absolute Gasteiger partial charge is 0.459 e. The molecule has 4 atom stereocenters. The summed E-state index contributed by atoms with van der Waals surface area (Å²) >= 11 is 0. The van der Waals surface area contributed by atoms with Crippen molar-refractivity contribution in [2.24, 2.45) is 0 Å². The summed E-state index contributed by atoms with van der Waals surface area (Å²) in [5.74, 6) is -2.25. The minimum atomic E-state index is -0.905. The van der Waals surface area contributed by atoms with Gasteiger partial charge in [-0.25, -0.2) is 4.79 Å². The first kappa shape index (κ1) is 19.0. The Morgan fingerprint density at radius 2 is 1.62 bits per heavy atom. The number of esters is 1. The van der Waals surface area contributed by atoms with Crippen molar-refractivity contribution in [2.45, 2.75) is 63.7 Å². The molecule has 0 bridgehead atoms. The van der Waals surface area contributed by atoms with Gasteiger partial charge in [0.2, 0.25) is 0 Å². The molecular formula is C19H24O7. The van der Waals surface area contributed by atoms with Gasteiger partial charge in [-0.05, 0) is 39.8 Å². The summed E-state index contributed by atoms with van der Waals surface area (Å²) in [6, 6.07) is 8.70. The second kappa shape index (κ2) is 7.08. The second-order valence-electron chi connectivity index (χ2n) is 7.30. The van der Waals surface area contributed by atoms with E-state index in [1.165, 1.54) is 0 Å². The maximum absolute atomic E-state index is 12.2. The maximum atomic E-state index is 12.2. The minimum Gasteiger partial charge on any atom is -0.459 e. The fourth-order valence-corrected chi connectivity index (χ4v) is 3.26. The molecule has 7 heteroatoms. The van der Waals surface area contributed by atoms with Crippen LogP contribution in [0.3, 0.4) is 0 Å². The molecule has 2 fully saturated rings. The minimum absolute atomic E-state index is 0.0201. The lowest BCUT2D eigenvalue weighted by atomic mass is 10.0. The molecule has 2 aliphatic rings. The summed E-state index contributed by atoms with van der Waals surface area (Å²) in [7, 11) is 0. The Hall–Kier alpha value is -1.80. The predicted octanol–water partition coefficient (Wildman–Crippen LogP) is 2.08. The van der Waals surface area contributed by atoms with Crippen LogP contribution in [0, 0.1) is 0 Å². The van der Waals surface area contributed by atoms with Gasteiger partial charge < -0.3 is 28.5 Å². The maximum Gasteiger partial charge on any atom is 0.338 e. The Morgan fingerprint density at radius 3 is 2.27 bits per heavy atom. The van der Waals surface area contributed by atoms with Crippen molar-refractivity contribution < 1.29 is 33.3 Å². The monoisotopic (exact) mass is 364 g/mol. The lowest BCUT2D eigenvalue weighted by Gasteiger charge is -2.24. The van der Waals surface area contributed by atoms with Crippen molar-refractivity contribution in [3.8, 4) is 0 Å². The first-order valence-electron chi connectivity index (χ1n) is 8.59. The van der Waals surface area contributed by atoms with Gasteiger partial charge in [0.05, 0.1) is 5.56 Å². The normalized spacial score (nSPS) is 32.3. The van der Waals surface area contributed by atoms with Crippen molar-refractivity contribution in [1.29, 1.82) is 0 Å². The summed E-state index contributed by atoms with van der Waals surface area (Å²) in [4.78, 5) is 23.6. The summed E-state index contributed by atoms with van der Waals surface area (Å²) in [6.07, 6.45) is -1.92. The van der Waals surface area contributed by atoms with Crippen molar-refractivity contribution in [1.82, 2.24) is 0 Å². The molecule has 1 aromatic rings. The van der Waals surface area contributed by atoms with E-state index in [-0.39, 0.29) is 6.61 Å². The third kappa shape index (κ3) is 4.12. The Labute approximate surface area is 152 Å². The van der Waals surface area contributed by atoms with Crippen LogP contribution in [0.2, 0.25) is 0 Å². The smallest absolute Gasteiger partial charge is 0.338 e. The van der Waals surface area contributed by atoms with E-state index in [2.05, 4.69) is 0 Å². The molecule has 2 saturated heterocycles. The highest BCUT2D eigenvalue weighted by atomic mass is 16.8. The van der Waals surface area contributed by atoms with Gasteiger partial charge >= 0.3 is 5.97 Å². The van der Waals surface area contributed by atoms with Crippen LogP contribution in [0.1, 0.15) is 38.1 Å². The standard InChI is InChI=1S/C19H24O7/c1-18(2)23-13(10-20)15(25-18)16-14(24-19(3,4)26-16)11-22-17(21)12-8-6-5-7-9-12/h5-10,13-16H,11H2,1-4H3/t13-,14+,15+,16+/m0/s1. The third-order valence-corrected chi connectivity index (χ3v) is 4.23. The van der Waals surface area contributed by atoms with Crippen LogP contribution in [-0.2, 0) is 28.5 Å². The quantitative estimate of drug-likeness (QED) is 0.584. The molecule has 0 aliphatic carbocycles.